The SMILES string of the molecule is CC[C@H](C)[C@H](NC(=O)OC(C)(C)C)C(=O)N[C@H]1Cc2cc(Br)c(OC)c(c2)Oc2ccc(cc2[N+](=O)[O-])C[C@@H](C(=O)OC)NC1=O. The van der Waals surface area contributed by atoms with Crippen molar-refractivity contribution in [3.63, 3.8) is 0 Å². The Morgan fingerprint density at radius 3 is 2.41 bits per heavy atom. The highest BCUT2D eigenvalue weighted by atomic mass is 79.9. The molecule has 0 aliphatic carbocycles. The summed E-state index contributed by atoms with van der Waals surface area (Å²) in [5.74, 6) is -2.25. The number of benzene rings is 2. The Balaban J connectivity index is 2.10. The topological polar surface area (TPSA) is 184 Å². The van der Waals surface area contributed by atoms with Gasteiger partial charge in [-0.3, -0.25) is 19.7 Å². The number of amides is 3. The largest absolute Gasteiger partial charge is 0.492 e. The number of methoxy groups -OCH3 is 2. The molecule has 14 nitrogen and oxygen atoms in total. The van der Waals surface area contributed by atoms with Crippen LogP contribution in [0.1, 0.15) is 52.2 Å². The molecule has 3 amide bonds. The molecule has 2 aliphatic heterocycles. The molecule has 0 saturated carbocycles. The molecule has 46 heavy (non-hydrogen) atoms. The number of fused-ring (bicyclic) bond motifs is 7. The van der Waals surface area contributed by atoms with E-state index in [1.165, 1.54) is 31.4 Å². The lowest BCUT2D eigenvalue weighted by Gasteiger charge is -2.29. The number of halogens is 1. The van der Waals surface area contributed by atoms with Crippen molar-refractivity contribution in [2.75, 3.05) is 14.2 Å². The highest BCUT2D eigenvalue weighted by molar-refractivity contribution is 9.10. The van der Waals surface area contributed by atoms with Crippen LogP contribution in [0.3, 0.4) is 0 Å². The second-order valence-electron chi connectivity index (χ2n) is 11.8. The highest BCUT2D eigenvalue weighted by Crippen LogP contribution is 2.42. The van der Waals surface area contributed by atoms with Gasteiger partial charge >= 0.3 is 17.7 Å². The monoisotopic (exact) mass is 706 g/mol. The summed E-state index contributed by atoms with van der Waals surface area (Å²) < 4.78 is 22.1. The van der Waals surface area contributed by atoms with E-state index in [-0.39, 0.29) is 41.7 Å². The summed E-state index contributed by atoms with van der Waals surface area (Å²) in [6.45, 7) is 8.71. The maximum absolute atomic E-state index is 13.8. The molecule has 0 radical (unpaired) electrons. The smallest absolute Gasteiger partial charge is 0.408 e. The number of rotatable bonds is 8. The minimum atomic E-state index is -1.25. The summed E-state index contributed by atoms with van der Waals surface area (Å²) in [6, 6.07) is 3.77. The van der Waals surface area contributed by atoms with Crippen LogP contribution in [0.25, 0.3) is 0 Å². The summed E-state index contributed by atoms with van der Waals surface area (Å²) in [4.78, 5) is 64.3. The first kappa shape index (κ1) is 36.1. The van der Waals surface area contributed by atoms with Crippen LogP contribution in [0, 0.1) is 16.0 Å². The molecule has 4 bridgehead atoms. The van der Waals surface area contributed by atoms with E-state index in [0.29, 0.717) is 22.0 Å². The van der Waals surface area contributed by atoms with Crippen molar-refractivity contribution >= 4 is 45.5 Å². The van der Waals surface area contributed by atoms with Gasteiger partial charge in [-0.2, -0.15) is 0 Å². The lowest BCUT2D eigenvalue weighted by Crippen LogP contribution is -2.58. The van der Waals surface area contributed by atoms with E-state index in [9.17, 15) is 29.3 Å². The van der Waals surface area contributed by atoms with Crippen LogP contribution in [0.5, 0.6) is 17.2 Å². The molecule has 2 aromatic rings. The fourth-order valence-electron chi connectivity index (χ4n) is 4.74. The van der Waals surface area contributed by atoms with Crippen molar-refractivity contribution in [1.82, 2.24) is 16.0 Å². The maximum Gasteiger partial charge on any atom is 0.408 e. The Labute approximate surface area is 275 Å². The molecule has 2 aromatic carbocycles. The summed E-state index contributed by atoms with van der Waals surface area (Å²) >= 11 is 3.43. The van der Waals surface area contributed by atoms with E-state index in [2.05, 4.69) is 31.9 Å². The van der Waals surface area contributed by atoms with Gasteiger partial charge in [0.2, 0.25) is 17.6 Å². The lowest BCUT2D eigenvalue weighted by molar-refractivity contribution is -0.385. The first-order valence-corrected chi connectivity index (χ1v) is 15.4. The highest BCUT2D eigenvalue weighted by Gasteiger charge is 2.34. The van der Waals surface area contributed by atoms with E-state index in [1.54, 1.807) is 33.8 Å². The zero-order chi connectivity index (χ0) is 34.3. The van der Waals surface area contributed by atoms with Crippen LogP contribution in [0.4, 0.5) is 10.5 Å². The summed E-state index contributed by atoms with van der Waals surface area (Å²) in [5, 5.41) is 20.0. The number of carbonyl (C=O) groups excluding carboxylic acids is 4. The van der Waals surface area contributed by atoms with Crippen molar-refractivity contribution in [2.24, 2.45) is 5.92 Å². The third kappa shape index (κ3) is 9.31. The molecule has 2 heterocycles. The van der Waals surface area contributed by atoms with E-state index < -0.39 is 52.5 Å². The number of alkyl carbamates (subject to hydrolysis) is 1. The van der Waals surface area contributed by atoms with Gasteiger partial charge in [-0.1, -0.05) is 26.3 Å². The van der Waals surface area contributed by atoms with Gasteiger partial charge < -0.3 is 34.9 Å². The van der Waals surface area contributed by atoms with Crippen LogP contribution in [0.15, 0.2) is 34.8 Å². The van der Waals surface area contributed by atoms with Gasteiger partial charge in [0.1, 0.15) is 23.7 Å². The number of nitro groups is 1. The molecule has 15 heteroatoms. The Hall–Kier alpha value is -4.40. The lowest BCUT2D eigenvalue weighted by atomic mass is 9.97. The Morgan fingerprint density at radius 1 is 1.13 bits per heavy atom. The van der Waals surface area contributed by atoms with Crippen molar-refractivity contribution in [1.29, 1.82) is 0 Å². The minimum absolute atomic E-state index is 0.0821. The zero-order valence-corrected chi connectivity index (χ0v) is 28.3. The van der Waals surface area contributed by atoms with Gasteiger partial charge in [-0.25, -0.2) is 9.59 Å². The van der Waals surface area contributed by atoms with Gasteiger partial charge in [0.05, 0.1) is 23.6 Å². The predicted octanol–water partition coefficient (Wildman–Crippen LogP) is 4.34. The standard InChI is InChI=1S/C31H39BrN4O10/c1-8-16(2)25(35-30(40)46-31(3,4)5)28(38)33-20-13-18-11-19(32)26(43-6)24(15-18)45-23-10-9-17(14-22(23)36(41)42)12-21(29(39)44-7)34-27(20)37/h9-11,14-16,20-21,25H,8,12-13H2,1-7H3,(H,33,38)(H,34,37)(H,35,40)/t16-,20-,21-,25-/m0/s1. The van der Waals surface area contributed by atoms with Crippen LogP contribution in [0.2, 0.25) is 0 Å². The van der Waals surface area contributed by atoms with Gasteiger partial charge in [0.15, 0.2) is 11.5 Å². The number of carbonyl (C=O) groups is 4. The first-order chi connectivity index (χ1) is 21.6. The number of hydrogen-bond acceptors (Lipinski definition) is 10. The van der Waals surface area contributed by atoms with Gasteiger partial charge in [0.25, 0.3) is 0 Å². The molecular formula is C31H39BrN4O10. The van der Waals surface area contributed by atoms with Gasteiger partial charge in [0, 0.05) is 18.9 Å². The Kier molecular flexibility index (Phi) is 12.0. The molecule has 0 spiro atoms. The van der Waals surface area contributed by atoms with E-state index in [4.69, 9.17) is 18.9 Å². The van der Waals surface area contributed by atoms with Crippen LogP contribution in [-0.2, 0) is 36.7 Å². The Bertz CT molecular complexity index is 1490. The average Bonchev–Trinajstić information content (AvgIpc) is 2.97. The van der Waals surface area contributed by atoms with Gasteiger partial charge in [-0.15, -0.1) is 0 Å². The van der Waals surface area contributed by atoms with Gasteiger partial charge in [-0.05, 0) is 71.9 Å². The number of nitro benzene ring substituents is 1. The van der Waals surface area contributed by atoms with Crippen molar-refractivity contribution in [2.45, 2.75) is 77.6 Å². The average molecular weight is 708 g/mol. The van der Waals surface area contributed by atoms with Crippen molar-refractivity contribution < 1.29 is 43.0 Å². The fourth-order valence-corrected chi connectivity index (χ4v) is 5.39. The zero-order valence-electron chi connectivity index (χ0n) is 26.7. The summed E-state index contributed by atoms with van der Waals surface area (Å²) in [7, 11) is 2.55. The summed E-state index contributed by atoms with van der Waals surface area (Å²) in [6.07, 6.45) is -0.541. The minimum Gasteiger partial charge on any atom is -0.492 e. The molecule has 3 N–H and O–H groups in total. The Morgan fingerprint density at radius 2 is 1.83 bits per heavy atom. The normalized spacial score (nSPS) is 17.7. The van der Waals surface area contributed by atoms with E-state index in [1.807, 2.05) is 6.92 Å². The molecule has 0 aromatic heterocycles. The molecule has 0 fully saturated rings. The van der Waals surface area contributed by atoms with Crippen LogP contribution < -0.4 is 25.4 Å². The third-order valence-electron chi connectivity index (χ3n) is 7.20. The molecule has 4 rings (SSSR count). The second kappa shape index (κ2) is 15.3. The number of hydrogen-bond donors (Lipinski definition) is 3. The molecule has 250 valence electrons. The molecule has 0 saturated heterocycles. The first-order valence-electron chi connectivity index (χ1n) is 14.6. The third-order valence-corrected chi connectivity index (χ3v) is 7.78. The quantitative estimate of drug-likeness (QED) is 0.203. The maximum atomic E-state index is 13.8. The summed E-state index contributed by atoms with van der Waals surface area (Å²) in [5.41, 5.74) is -0.370. The molecule has 4 atom stereocenters. The van der Waals surface area contributed by atoms with Crippen molar-refractivity contribution in [3.05, 3.63) is 56.0 Å². The fraction of sp³-hybridized carbons (Fsp3) is 0.484. The molecular weight excluding hydrogens is 668 g/mol. The predicted molar refractivity (Wildman–Crippen MR) is 170 cm³/mol. The van der Waals surface area contributed by atoms with Crippen molar-refractivity contribution in [3.8, 4) is 17.2 Å². The van der Waals surface area contributed by atoms with Crippen LogP contribution >= 0.6 is 15.9 Å². The number of nitrogens with one attached hydrogen (secondary N) is 3. The number of nitrogens with zero attached hydrogens (tertiary/aromatic N) is 1. The number of ether oxygens (including phenoxy) is 4. The van der Waals surface area contributed by atoms with E-state index in [0.717, 1.165) is 7.11 Å². The second-order valence-corrected chi connectivity index (χ2v) is 12.7. The molecule has 0 unspecified atom stereocenters. The van der Waals surface area contributed by atoms with Crippen LogP contribution in [-0.4, -0.2) is 66.7 Å². The number of esters is 1. The molecule has 2 aliphatic rings. The van der Waals surface area contributed by atoms with E-state index >= 15 is 0 Å².